The molecule has 0 aromatic heterocycles. The Morgan fingerprint density at radius 3 is 2.20 bits per heavy atom. The lowest BCUT2D eigenvalue weighted by Gasteiger charge is -2.31. The summed E-state index contributed by atoms with van der Waals surface area (Å²) < 4.78 is 26.7. The molecule has 162 valence electrons. The Kier molecular flexibility index (Phi) is 6.99. The van der Waals surface area contributed by atoms with E-state index in [0.29, 0.717) is 41.4 Å². The van der Waals surface area contributed by atoms with Crippen LogP contribution in [-0.4, -0.2) is 64.5 Å². The molecule has 0 radical (unpaired) electrons. The minimum Gasteiger partial charge on any atom is -0.493 e. The van der Waals surface area contributed by atoms with E-state index in [1.165, 1.54) is 28.4 Å². The van der Waals surface area contributed by atoms with Crippen LogP contribution in [0.3, 0.4) is 0 Å². The molecule has 1 saturated heterocycles. The highest BCUT2D eigenvalue weighted by molar-refractivity contribution is 5.99. The number of carbonyl (C=O) groups is 2. The molecule has 2 heterocycles. The van der Waals surface area contributed by atoms with Crippen LogP contribution in [0.15, 0.2) is 41.7 Å². The van der Waals surface area contributed by atoms with E-state index >= 15 is 0 Å². The van der Waals surface area contributed by atoms with Crippen molar-refractivity contribution in [1.82, 2.24) is 4.90 Å². The van der Waals surface area contributed by atoms with E-state index in [-0.39, 0.29) is 6.10 Å². The summed E-state index contributed by atoms with van der Waals surface area (Å²) in [5, 5.41) is 0. The second-order valence-corrected chi connectivity index (χ2v) is 7.00. The van der Waals surface area contributed by atoms with E-state index in [1.807, 2.05) is 0 Å². The highest BCUT2D eigenvalue weighted by atomic mass is 16.5. The number of nitrogens with zero attached hydrogens (tertiary/aromatic N) is 1. The van der Waals surface area contributed by atoms with Crippen LogP contribution in [-0.2, 0) is 23.8 Å². The van der Waals surface area contributed by atoms with Crippen LogP contribution in [0, 0.1) is 0 Å². The molecule has 1 fully saturated rings. The number of para-hydroxylation sites is 1. The average molecular weight is 417 g/mol. The zero-order valence-corrected chi connectivity index (χ0v) is 17.7. The lowest BCUT2D eigenvalue weighted by molar-refractivity contribution is -0.137. The summed E-state index contributed by atoms with van der Waals surface area (Å²) in [7, 11) is 5.66. The standard InChI is InChI=1S/C22H27NO7/c1-26-18-9-5-8-15(20(18)27-2)19-16(21(24)28-3)12-23(11-14-7-6-10-30-14)13-17(19)22(25)29-4/h5,8-9,12-14,19H,6-7,10-11H2,1-4H3/t14-/m1/s1. The van der Waals surface area contributed by atoms with E-state index in [0.717, 1.165) is 12.8 Å². The Morgan fingerprint density at radius 2 is 1.70 bits per heavy atom. The second-order valence-electron chi connectivity index (χ2n) is 7.00. The van der Waals surface area contributed by atoms with Gasteiger partial charge in [0, 0.05) is 31.1 Å². The van der Waals surface area contributed by atoms with E-state index in [9.17, 15) is 9.59 Å². The Bertz CT molecular complexity index is 821. The fraction of sp³-hybridized carbons (Fsp3) is 0.455. The summed E-state index contributed by atoms with van der Waals surface area (Å²) in [6.07, 6.45) is 5.33. The number of rotatable bonds is 7. The van der Waals surface area contributed by atoms with Gasteiger partial charge in [-0.1, -0.05) is 12.1 Å². The van der Waals surface area contributed by atoms with Crippen LogP contribution in [0.1, 0.15) is 24.3 Å². The third-order valence-corrected chi connectivity index (χ3v) is 5.26. The molecular formula is C22H27NO7. The van der Waals surface area contributed by atoms with Crippen LogP contribution in [0.5, 0.6) is 11.5 Å². The summed E-state index contributed by atoms with van der Waals surface area (Å²) in [5.41, 5.74) is 1.19. The molecule has 8 nitrogen and oxygen atoms in total. The SMILES string of the molecule is COC(=O)C1=CN(C[C@H]2CCCO2)C=C(C(=O)OC)C1c1cccc(OC)c1OC. The van der Waals surface area contributed by atoms with E-state index in [4.69, 9.17) is 23.7 Å². The molecule has 2 aliphatic heterocycles. The number of esters is 2. The van der Waals surface area contributed by atoms with E-state index in [1.54, 1.807) is 35.5 Å². The van der Waals surface area contributed by atoms with Gasteiger partial charge in [0.25, 0.3) is 0 Å². The first kappa shape index (κ1) is 21.7. The third kappa shape index (κ3) is 4.28. The minimum absolute atomic E-state index is 0.0261. The van der Waals surface area contributed by atoms with Gasteiger partial charge in [0.1, 0.15) is 0 Å². The molecule has 8 heteroatoms. The average Bonchev–Trinajstić information content (AvgIpc) is 3.29. The first-order valence-electron chi connectivity index (χ1n) is 9.72. The molecule has 0 unspecified atom stereocenters. The fourth-order valence-corrected chi connectivity index (χ4v) is 3.89. The number of ether oxygens (including phenoxy) is 5. The molecular weight excluding hydrogens is 390 g/mol. The van der Waals surface area contributed by atoms with Gasteiger partial charge in [-0.05, 0) is 18.9 Å². The van der Waals surface area contributed by atoms with Gasteiger partial charge < -0.3 is 28.6 Å². The maximum Gasteiger partial charge on any atom is 0.336 e. The van der Waals surface area contributed by atoms with Crippen molar-refractivity contribution in [1.29, 1.82) is 0 Å². The molecule has 0 aliphatic carbocycles. The first-order chi connectivity index (χ1) is 14.5. The third-order valence-electron chi connectivity index (χ3n) is 5.26. The van der Waals surface area contributed by atoms with E-state index in [2.05, 4.69) is 0 Å². The van der Waals surface area contributed by atoms with Gasteiger partial charge in [0.15, 0.2) is 11.5 Å². The van der Waals surface area contributed by atoms with Crippen molar-refractivity contribution in [2.45, 2.75) is 24.9 Å². The fourth-order valence-electron chi connectivity index (χ4n) is 3.89. The van der Waals surface area contributed by atoms with Gasteiger partial charge in [-0.25, -0.2) is 9.59 Å². The van der Waals surface area contributed by atoms with Crippen molar-refractivity contribution >= 4 is 11.9 Å². The highest BCUT2D eigenvalue weighted by Crippen LogP contribution is 2.44. The predicted octanol–water partition coefficient (Wildman–Crippen LogP) is 2.40. The van der Waals surface area contributed by atoms with Crippen LogP contribution in [0.2, 0.25) is 0 Å². The second kappa shape index (κ2) is 9.67. The van der Waals surface area contributed by atoms with Gasteiger partial charge in [-0.3, -0.25) is 0 Å². The number of hydrogen-bond acceptors (Lipinski definition) is 8. The minimum atomic E-state index is -0.740. The number of methoxy groups -OCH3 is 4. The molecule has 0 spiro atoms. The summed E-state index contributed by atoms with van der Waals surface area (Å²) >= 11 is 0. The van der Waals surface area contributed by atoms with Gasteiger partial charge in [-0.15, -0.1) is 0 Å². The Balaban J connectivity index is 2.12. The van der Waals surface area contributed by atoms with Gasteiger partial charge in [0.05, 0.1) is 51.6 Å². The lowest BCUT2D eigenvalue weighted by Crippen LogP contribution is -2.32. The van der Waals surface area contributed by atoms with Crippen molar-refractivity contribution in [2.75, 3.05) is 41.6 Å². The van der Waals surface area contributed by atoms with Crippen LogP contribution in [0.4, 0.5) is 0 Å². The molecule has 1 aromatic rings. The Labute approximate surface area is 176 Å². The van der Waals surface area contributed by atoms with Crippen LogP contribution < -0.4 is 9.47 Å². The highest BCUT2D eigenvalue weighted by Gasteiger charge is 2.38. The summed E-state index contributed by atoms with van der Waals surface area (Å²) in [6.45, 7) is 1.23. The number of benzene rings is 1. The predicted molar refractivity (Wildman–Crippen MR) is 108 cm³/mol. The van der Waals surface area contributed by atoms with E-state index < -0.39 is 17.9 Å². The maximum atomic E-state index is 12.7. The van der Waals surface area contributed by atoms with Gasteiger partial charge in [0.2, 0.25) is 0 Å². The van der Waals surface area contributed by atoms with Crippen molar-refractivity contribution in [3.05, 3.63) is 47.3 Å². The molecule has 1 atom stereocenters. The van der Waals surface area contributed by atoms with Crippen molar-refractivity contribution in [3.8, 4) is 11.5 Å². The zero-order chi connectivity index (χ0) is 21.7. The van der Waals surface area contributed by atoms with Gasteiger partial charge >= 0.3 is 11.9 Å². The molecule has 1 aromatic carbocycles. The Morgan fingerprint density at radius 1 is 1.03 bits per heavy atom. The van der Waals surface area contributed by atoms with Crippen molar-refractivity contribution in [2.24, 2.45) is 0 Å². The largest absolute Gasteiger partial charge is 0.493 e. The van der Waals surface area contributed by atoms with Crippen molar-refractivity contribution < 1.29 is 33.3 Å². The van der Waals surface area contributed by atoms with Crippen LogP contribution >= 0.6 is 0 Å². The smallest absolute Gasteiger partial charge is 0.336 e. The van der Waals surface area contributed by atoms with Gasteiger partial charge in [-0.2, -0.15) is 0 Å². The quantitative estimate of drug-likeness (QED) is 0.626. The normalized spacial score (nSPS) is 19.1. The molecule has 0 N–H and O–H groups in total. The number of hydrogen-bond donors (Lipinski definition) is 0. The molecule has 30 heavy (non-hydrogen) atoms. The zero-order valence-electron chi connectivity index (χ0n) is 17.7. The summed E-state index contributed by atoms with van der Waals surface area (Å²) in [4.78, 5) is 27.3. The summed E-state index contributed by atoms with van der Waals surface area (Å²) in [5.74, 6) is -0.906. The van der Waals surface area contributed by atoms with Crippen LogP contribution in [0.25, 0.3) is 0 Å². The monoisotopic (exact) mass is 417 g/mol. The topological polar surface area (TPSA) is 83.5 Å². The molecule has 2 aliphatic rings. The number of carbonyl (C=O) groups excluding carboxylic acids is 2. The molecule has 3 rings (SSSR count). The molecule has 0 bridgehead atoms. The maximum absolute atomic E-state index is 12.7. The van der Waals surface area contributed by atoms with Crippen molar-refractivity contribution in [3.63, 3.8) is 0 Å². The lowest BCUT2D eigenvalue weighted by atomic mass is 9.82. The first-order valence-corrected chi connectivity index (χ1v) is 9.72. The Hall–Kier alpha value is -3.00. The summed E-state index contributed by atoms with van der Waals surface area (Å²) in [6, 6.07) is 5.31. The molecule has 0 saturated carbocycles. The molecule has 0 amide bonds.